The molecule has 2 aromatic rings. The van der Waals surface area contributed by atoms with Crippen molar-refractivity contribution in [2.45, 2.75) is 19.9 Å². The minimum absolute atomic E-state index is 0.113. The number of hydrogen-bond donors (Lipinski definition) is 0. The predicted octanol–water partition coefficient (Wildman–Crippen LogP) is 3.37. The van der Waals surface area contributed by atoms with Crippen LogP contribution in [0.3, 0.4) is 0 Å². The number of benzene rings is 1. The first-order chi connectivity index (χ1) is 10.0. The molecule has 0 bridgehead atoms. The van der Waals surface area contributed by atoms with Gasteiger partial charge in [-0.2, -0.15) is 0 Å². The van der Waals surface area contributed by atoms with E-state index in [0.717, 1.165) is 12.0 Å². The number of carbonyl (C=O) groups is 1. The molecule has 0 spiro atoms. The Morgan fingerprint density at radius 3 is 2.81 bits per heavy atom. The van der Waals surface area contributed by atoms with Gasteiger partial charge in [-0.15, -0.1) is 0 Å². The lowest BCUT2D eigenvalue weighted by atomic mass is 10.2. The van der Waals surface area contributed by atoms with Crippen molar-refractivity contribution in [3.63, 3.8) is 0 Å². The first kappa shape index (κ1) is 15.7. The zero-order valence-electron chi connectivity index (χ0n) is 12.0. The molecule has 0 saturated heterocycles. The van der Waals surface area contributed by atoms with Gasteiger partial charge in [-0.3, -0.25) is 4.79 Å². The number of hydrogen-bond acceptors (Lipinski definition) is 2. The highest BCUT2D eigenvalue weighted by Gasteiger charge is 2.18. The number of aryl methyl sites for hydroxylation is 1. The molecule has 0 aliphatic heterocycles. The van der Waals surface area contributed by atoms with Crippen LogP contribution in [0.5, 0.6) is 0 Å². The Morgan fingerprint density at radius 2 is 2.24 bits per heavy atom. The van der Waals surface area contributed by atoms with Crippen molar-refractivity contribution in [1.29, 1.82) is 0 Å². The summed E-state index contributed by atoms with van der Waals surface area (Å²) in [6, 6.07) is 4.78. The van der Waals surface area contributed by atoms with Gasteiger partial charge in [0, 0.05) is 26.3 Å². The molecule has 21 heavy (non-hydrogen) atoms. The van der Waals surface area contributed by atoms with Crippen LogP contribution in [-0.2, 0) is 13.6 Å². The predicted molar refractivity (Wildman–Crippen MR) is 82.3 cm³/mol. The topological polar surface area (TPSA) is 38.1 Å². The largest absolute Gasteiger partial charge is 0.340 e. The van der Waals surface area contributed by atoms with Crippen molar-refractivity contribution in [3.05, 3.63) is 52.3 Å². The molecule has 4 nitrogen and oxygen atoms in total. The summed E-state index contributed by atoms with van der Waals surface area (Å²) in [5, 5.41) is 0. The van der Waals surface area contributed by atoms with Gasteiger partial charge in [-0.1, -0.05) is 13.0 Å². The van der Waals surface area contributed by atoms with Gasteiger partial charge >= 0.3 is 0 Å². The summed E-state index contributed by atoms with van der Waals surface area (Å²) in [7, 11) is 1.82. The molecule has 0 aliphatic rings. The lowest BCUT2D eigenvalue weighted by molar-refractivity contribution is 0.0737. The van der Waals surface area contributed by atoms with E-state index in [1.165, 1.54) is 6.07 Å². The normalized spacial score (nSPS) is 10.7. The molecular formula is C15H17BrFN3O. The second-order valence-corrected chi connectivity index (χ2v) is 5.75. The fourth-order valence-electron chi connectivity index (χ4n) is 2.07. The maximum atomic E-state index is 13.3. The number of nitrogens with zero attached hydrogens (tertiary/aromatic N) is 3. The number of aromatic nitrogens is 2. The lowest BCUT2D eigenvalue weighted by Crippen LogP contribution is -2.31. The van der Waals surface area contributed by atoms with E-state index in [2.05, 4.69) is 20.9 Å². The minimum Gasteiger partial charge on any atom is -0.340 e. The Bertz CT molecular complexity index is 642. The van der Waals surface area contributed by atoms with E-state index < -0.39 is 0 Å². The summed E-state index contributed by atoms with van der Waals surface area (Å²) in [6.45, 7) is 3.08. The molecular weight excluding hydrogens is 337 g/mol. The molecule has 1 aromatic heterocycles. The average Bonchev–Trinajstić information content (AvgIpc) is 2.88. The SMILES string of the molecule is CCCN(Cc1ccc(F)c(Br)c1)C(=O)c1cn(C)cn1. The molecule has 0 fully saturated rings. The molecule has 1 heterocycles. The van der Waals surface area contributed by atoms with Gasteiger partial charge in [0.05, 0.1) is 10.8 Å². The molecule has 1 amide bonds. The van der Waals surface area contributed by atoms with Gasteiger partial charge in [0.1, 0.15) is 11.5 Å². The van der Waals surface area contributed by atoms with Crippen LogP contribution in [0.1, 0.15) is 29.4 Å². The third kappa shape index (κ3) is 3.91. The summed E-state index contributed by atoms with van der Waals surface area (Å²) >= 11 is 3.17. The molecule has 0 aliphatic carbocycles. The number of rotatable bonds is 5. The van der Waals surface area contributed by atoms with E-state index in [0.29, 0.717) is 23.3 Å². The Morgan fingerprint density at radius 1 is 1.48 bits per heavy atom. The molecule has 2 rings (SSSR count). The molecule has 0 unspecified atom stereocenters. The second kappa shape index (κ2) is 6.85. The van der Waals surface area contributed by atoms with Crippen molar-refractivity contribution < 1.29 is 9.18 Å². The Kier molecular flexibility index (Phi) is 5.12. The fourth-order valence-corrected chi connectivity index (χ4v) is 2.49. The zero-order chi connectivity index (χ0) is 15.4. The number of halogens is 2. The molecule has 112 valence electrons. The maximum absolute atomic E-state index is 13.3. The van der Waals surface area contributed by atoms with E-state index in [1.54, 1.807) is 34.1 Å². The molecule has 6 heteroatoms. The maximum Gasteiger partial charge on any atom is 0.274 e. The van der Waals surface area contributed by atoms with Crippen molar-refractivity contribution in [2.75, 3.05) is 6.54 Å². The van der Waals surface area contributed by atoms with Crippen molar-refractivity contribution in [1.82, 2.24) is 14.5 Å². The van der Waals surface area contributed by atoms with Crippen LogP contribution in [0.15, 0.2) is 35.2 Å². The van der Waals surface area contributed by atoms with E-state index >= 15 is 0 Å². The lowest BCUT2D eigenvalue weighted by Gasteiger charge is -2.21. The number of amides is 1. The molecule has 0 radical (unpaired) electrons. The van der Waals surface area contributed by atoms with E-state index in [-0.39, 0.29) is 11.7 Å². The monoisotopic (exact) mass is 353 g/mol. The average molecular weight is 354 g/mol. The number of imidazole rings is 1. The van der Waals surface area contributed by atoms with E-state index in [9.17, 15) is 9.18 Å². The fraction of sp³-hybridized carbons (Fsp3) is 0.333. The molecule has 0 N–H and O–H groups in total. The highest BCUT2D eigenvalue weighted by atomic mass is 79.9. The summed E-state index contributed by atoms with van der Waals surface area (Å²) in [4.78, 5) is 18.3. The van der Waals surface area contributed by atoms with E-state index in [1.807, 2.05) is 14.0 Å². The molecule has 0 atom stereocenters. The third-order valence-corrected chi connectivity index (χ3v) is 3.67. The van der Waals surface area contributed by atoms with Crippen LogP contribution in [-0.4, -0.2) is 26.9 Å². The highest BCUT2D eigenvalue weighted by Crippen LogP contribution is 2.18. The van der Waals surface area contributed by atoms with Gasteiger partial charge in [-0.05, 0) is 40.0 Å². The van der Waals surface area contributed by atoms with Gasteiger partial charge in [0.25, 0.3) is 5.91 Å². The van der Waals surface area contributed by atoms with Crippen LogP contribution in [0, 0.1) is 5.82 Å². The third-order valence-electron chi connectivity index (χ3n) is 3.06. The van der Waals surface area contributed by atoms with Gasteiger partial charge in [0.2, 0.25) is 0 Å². The summed E-state index contributed by atoms with van der Waals surface area (Å²) in [5.41, 5.74) is 1.30. The first-order valence-electron chi connectivity index (χ1n) is 6.72. The van der Waals surface area contributed by atoms with Crippen LogP contribution >= 0.6 is 15.9 Å². The van der Waals surface area contributed by atoms with Gasteiger partial charge in [0.15, 0.2) is 0 Å². The standard InChI is InChI=1S/C15H17BrFN3O/c1-3-6-20(15(21)14-9-19(2)10-18-14)8-11-4-5-13(17)12(16)7-11/h4-5,7,9-10H,3,6,8H2,1-2H3. The summed E-state index contributed by atoms with van der Waals surface area (Å²) in [6.07, 6.45) is 4.15. The van der Waals surface area contributed by atoms with Crippen LogP contribution in [0.4, 0.5) is 4.39 Å². The Balaban J connectivity index is 2.18. The van der Waals surface area contributed by atoms with Crippen molar-refractivity contribution >= 4 is 21.8 Å². The van der Waals surface area contributed by atoms with E-state index in [4.69, 9.17) is 0 Å². The Hall–Kier alpha value is -1.69. The summed E-state index contributed by atoms with van der Waals surface area (Å²) < 4.78 is 15.4. The van der Waals surface area contributed by atoms with Crippen LogP contribution in [0.25, 0.3) is 0 Å². The van der Waals surface area contributed by atoms with Crippen molar-refractivity contribution in [3.8, 4) is 0 Å². The zero-order valence-corrected chi connectivity index (χ0v) is 13.6. The van der Waals surface area contributed by atoms with Crippen LogP contribution in [0.2, 0.25) is 0 Å². The minimum atomic E-state index is -0.308. The molecule has 0 saturated carbocycles. The van der Waals surface area contributed by atoms with Gasteiger partial charge in [-0.25, -0.2) is 9.37 Å². The quantitative estimate of drug-likeness (QED) is 0.826. The smallest absolute Gasteiger partial charge is 0.274 e. The highest BCUT2D eigenvalue weighted by molar-refractivity contribution is 9.10. The van der Waals surface area contributed by atoms with Crippen LogP contribution < -0.4 is 0 Å². The first-order valence-corrected chi connectivity index (χ1v) is 7.51. The van der Waals surface area contributed by atoms with Crippen molar-refractivity contribution in [2.24, 2.45) is 7.05 Å². The summed E-state index contributed by atoms with van der Waals surface area (Å²) in [5.74, 6) is -0.422. The second-order valence-electron chi connectivity index (χ2n) is 4.90. The molecule has 1 aromatic carbocycles. The Labute approximate surface area is 131 Å². The van der Waals surface area contributed by atoms with Gasteiger partial charge < -0.3 is 9.47 Å². The number of carbonyl (C=O) groups excluding carboxylic acids is 1.